The fourth-order valence-electron chi connectivity index (χ4n) is 14.5. The Kier molecular flexibility index (Phi) is 10.9. The van der Waals surface area contributed by atoms with Crippen molar-refractivity contribution in [3.63, 3.8) is 0 Å². The van der Waals surface area contributed by atoms with Crippen LogP contribution in [-0.2, 0) is 21.7 Å². The molecule has 2 aliphatic heterocycles. The van der Waals surface area contributed by atoms with E-state index in [4.69, 9.17) is 8.83 Å². The highest BCUT2D eigenvalue weighted by molar-refractivity contribution is 7.21. The lowest BCUT2D eigenvalue weighted by atomic mass is 9.43. The van der Waals surface area contributed by atoms with E-state index in [0.29, 0.717) is 0 Å². The molecule has 410 valence electrons. The molecule has 3 aliphatic rings. The summed E-state index contributed by atoms with van der Waals surface area (Å²) in [6.45, 7) is 23.2. The minimum Gasteiger partial charge on any atom is -0.456 e. The average molecular weight is 1110 g/mol. The first kappa shape index (κ1) is 51.1. The van der Waals surface area contributed by atoms with Crippen LogP contribution in [0.15, 0.2) is 209 Å². The van der Waals surface area contributed by atoms with E-state index in [1.54, 1.807) is 0 Å². The van der Waals surface area contributed by atoms with Crippen molar-refractivity contribution in [2.75, 3.05) is 9.71 Å². The maximum Gasteiger partial charge on any atom is 0.333 e. The van der Waals surface area contributed by atoms with Gasteiger partial charge in [0.05, 0.1) is 5.69 Å². The molecule has 6 heteroatoms. The Morgan fingerprint density at radius 1 is 0.429 bits per heavy atom. The van der Waals surface area contributed by atoms with Crippen LogP contribution in [0, 0.1) is 0 Å². The molecule has 5 heterocycles. The molecule has 0 bridgehead atoms. The van der Waals surface area contributed by atoms with Crippen molar-refractivity contribution in [1.82, 2.24) is 0 Å². The summed E-state index contributed by atoms with van der Waals surface area (Å²) < 4.78 is 14.7. The standard InChI is InChI=1S/C78H67BN2O2S/c1-75(2,3)49-30-33-51(34-31-49)81-64-45-69-54(55-40-60-61(44-68(55)82-69)78(9,10)37-36-77(60,7)8)39-59(64)70-71-66(42-56-52-28-20-21-29-67(52)83-72(56)70)80(63-35-32-50(76(4,5)6)38-53(63)46-22-14-11-15-23-46)65-43-58-57(41-62(65)79(71)81)73(47-24-16-12-17-25-47)84-74(58)48-26-18-13-19-27-48/h11-35,38-45H,36-37H2,1-10H3. The molecule has 0 fully saturated rings. The van der Waals surface area contributed by atoms with Gasteiger partial charge in [0, 0.05) is 87.6 Å². The summed E-state index contributed by atoms with van der Waals surface area (Å²) in [7, 11) is 0. The Morgan fingerprint density at radius 2 is 0.988 bits per heavy atom. The molecule has 4 nitrogen and oxygen atoms in total. The highest BCUT2D eigenvalue weighted by Crippen LogP contribution is 2.56. The fourth-order valence-corrected chi connectivity index (χ4v) is 15.8. The van der Waals surface area contributed by atoms with Crippen LogP contribution in [0.5, 0.6) is 0 Å². The second-order valence-corrected chi connectivity index (χ2v) is 28.5. The lowest BCUT2D eigenvalue weighted by Gasteiger charge is -2.46. The molecule has 0 atom stereocenters. The molecule has 10 aromatic carbocycles. The SMILES string of the molecule is CC(C)(C)c1ccc(N2B3c4cc5c(-c6ccccc6)sc(-c6ccccc6)c5cc4N(c4ccc(C(C)(C)C)cc4-c4ccccc4)c4cc5c(oc6ccccc65)c(c43)-c3cc4c(cc32)oc2cc3c(cc24)C(C)(C)CCC3(C)C)cc1. The predicted octanol–water partition coefficient (Wildman–Crippen LogP) is 21.4. The number of hydrogen-bond acceptors (Lipinski definition) is 5. The van der Waals surface area contributed by atoms with Gasteiger partial charge in [-0.15, -0.1) is 11.3 Å². The maximum absolute atomic E-state index is 7.40. The summed E-state index contributed by atoms with van der Waals surface area (Å²) in [5, 5.41) is 6.94. The predicted molar refractivity (Wildman–Crippen MR) is 359 cm³/mol. The topological polar surface area (TPSA) is 32.8 Å². The Balaban J connectivity index is 1.10. The zero-order valence-electron chi connectivity index (χ0n) is 49.7. The highest BCUT2D eigenvalue weighted by atomic mass is 32.1. The number of hydrogen-bond donors (Lipinski definition) is 0. The van der Waals surface area contributed by atoms with Crippen molar-refractivity contribution in [2.45, 2.75) is 104 Å². The minimum atomic E-state index is -0.315. The first-order chi connectivity index (χ1) is 40.4. The third-order valence-electron chi connectivity index (χ3n) is 19.2. The van der Waals surface area contributed by atoms with Crippen molar-refractivity contribution in [3.8, 4) is 43.1 Å². The van der Waals surface area contributed by atoms with Crippen molar-refractivity contribution in [1.29, 1.82) is 0 Å². The van der Waals surface area contributed by atoms with Crippen molar-refractivity contribution >= 4 is 112 Å². The van der Waals surface area contributed by atoms with E-state index >= 15 is 0 Å². The third-order valence-corrected chi connectivity index (χ3v) is 20.5. The Hall–Kier alpha value is -8.58. The maximum atomic E-state index is 7.40. The van der Waals surface area contributed by atoms with Crippen molar-refractivity contribution < 1.29 is 8.83 Å². The molecule has 0 saturated carbocycles. The van der Waals surface area contributed by atoms with Gasteiger partial charge in [-0.1, -0.05) is 203 Å². The highest BCUT2D eigenvalue weighted by Gasteiger charge is 2.48. The monoisotopic (exact) mass is 1110 g/mol. The van der Waals surface area contributed by atoms with Crippen LogP contribution in [-0.4, -0.2) is 6.85 Å². The van der Waals surface area contributed by atoms with Crippen LogP contribution in [0.3, 0.4) is 0 Å². The summed E-state index contributed by atoms with van der Waals surface area (Å²) in [4.78, 5) is 7.81. The molecule has 16 rings (SSSR count). The molecule has 84 heavy (non-hydrogen) atoms. The Morgan fingerprint density at radius 3 is 1.64 bits per heavy atom. The zero-order valence-corrected chi connectivity index (χ0v) is 50.5. The summed E-state index contributed by atoms with van der Waals surface area (Å²) in [6.07, 6.45) is 2.27. The van der Waals surface area contributed by atoms with E-state index in [1.807, 2.05) is 11.3 Å². The first-order valence-electron chi connectivity index (χ1n) is 30.0. The van der Waals surface area contributed by atoms with Gasteiger partial charge >= 0.3 is 6.85 Å². The third kappa shape index (κ3) is 7.65. The van der Waals surface area contributed by atoms with E-state index in [-0.39, 0.29) is 28.5 Å². The smallest absolute Gasteiger partial charge is 0.333 e. The van der Waals surface area contributed by atoms with E-state index in [9.17, 15) is 0 Å². The zero-order chi connectivity index (χ0) is 57.3. The summed E-state index contributed by atoms with van der Waals surface area (Å²) in [5.74, 6) is 0. The van der Waals surface area contributed by atoms with Crippen LogP contribution < -0.4 is 20.6 Å². The van der Waals surface area contributed by atoms with Gasteiger partial charge in [0.2, 0.25) is 0 Å². The first-order valence-corrected chi connectivity index (χ1v) is 30.9. The largest absolute Gasteiger partial charge is 0.456 e. The number of furan rings is 2. The van der Waals surface area contributed by atoms with Crippen molar-refractivity contribution in [3.05, 3.63) is 222 Å². The van der Waals surface area contributed by atoms with Gasteiger partial charge in [-0.25, -0.2) is 0 Å². The number of benzene rings is 10. The van der Waals surface area contributed by atoms with E-state index < -0.39 is 0 Å². The van der Waals surface area contributed by atoms with Crippen molar-refractivity contribution in [2.24, 2.45) is 0 Å². The van der Waals surface area contributed by atoms with Gasteiger partial charge < -0.3 is 18.5 Å². The van der Waals surface area contributed by atoms with Gasteiger partial charge in [0.15, 0.2) is 0 Å². The molecule has 13 aromatic rings. The second-order valence-electron chi connectivity index (χ2n) is 27.5. The number of anilines is 5. The molecular weight excluding hydrogens is 1040 g/mol. The number of rotatable bonds is 5. The molecule has 0 spiro atoms. The number of fused-ring (bicyclic) bond motifs is 13. The van der Waals surface area contributed by atoms with Gasteiger partial charge in [0.1, 0.15) is 22.3 Å². The molecular formula is C78H67BN2O2S. The Bertz CT molecular complexity index is 4860. The van der Waals surface area contributed by atoms with Crippen LogP contribution in [0.2, 0.25) is 0 Å². The van der Waals surface area contributed by atoms with Gasteiger partial charge in [-0.3, -0.25) is 0 Å². The summed E-state index contributed by atoms with van der Waals surface area (Å²) >= 11 is 1.90. The summed E-state index contributed by atoms with van der Waals surface area (Å²) in [5.41, 5.74) is 24.0. The normalized spacial score (nSPS) is 15.3. The fraction of sp³-hybridized carbons (Fsp3) is 0.205. The molecule has 0 unspecified atom stereocenters. The molecule has 0 N–H and O–H groups in total. The number of thiophene rings is 1. The molecule has 1 aliphatic carbocycles. The second kappa shape index (κ2) is 18.0. The van der Waals surface area contributed by atoms with Crippen LogP contribution in [0.4, 0.5) is 28.4 Å². The van der Waals surface area contributed by atoms with Crippen LogP contribution in [0.1, 0.15) is 104 Å². The Labute approximate surface area is 497 Å². The average Bonchev–Trinajstić information content (AvgIpc) is 1.26. The molecule has 0 radical (unpaired) electrons. The number of para-hydroxylation sites is 1. The van der Waals surface area contributed by atoms with E-state index in [1.165, 1.54) is 76.0 Å². The lowest BCUT2D eigenvalue weighted by molar-refractivity contribution is 0.332. The molecule has 0 saturated heterocycles. The molecule has 3 aromatic heterocycles. The van der Waals surface area contributed by atoms with Crippen LogP contribution >= 0.6 is 11.3 Å². The quantitative estimate of drug-likeness (QED) is 0.161. The minimum absolute atomic E-state index is 0.0235. The van der Waals surface area contributed by atoms with E-state index in [2.05, 4.69) is 279 Å². The van der Waals surface area contributed by atoms with Crippen LogP contribution in [0.25, 0.3) is 97.8 Å². The molecule has 0 amide bonds. The van der Waals surface area contributed by atoms with Gasteiger partial charge in [-0.2, -0.15) is 0 Å². The summed E-state index contributed by atoms with van der Waals surface area (Å²) in [6, 6.07) is 75.7. The van der Waals surface area contributed by atoms with Gasteiger partial charge in [0.25, 0.3) is 0 Å². The van der Waals surface area contributed by atoms with E-state index in [0.717, 1.165) is 96.3 Å². The van der Waals surface area contributed by atoms with Gasteiger partial charge in [-0.05, 0) is 145 Å². The lowest BCUT2D eigenvalue weighted by Crippen LogP contribution is -2.61. The number of nitrogens with zero attached hydrogens (tertiary/aromatic N) is 2.